The van der Waals surface area contributed by atoms with Gasteiger partial charge in [-0.05, 0) is 36.2 Å². The number of pyridine rings is 1. The van der Waals surface area contributed by atoms with Gasteiger partial charge in [-0.3, -0.25) is 0 Å². The molecule has 0 aliphatic carbocycles. The van der Waals surface area contributed by atoms with Crippen LogP contribution in [-0.2, 0) is 0 Å². The van der Waals surface area contributed by atoms with Gasteiger partial charge >= 0.3 is 0 Å². The molecule has 1 fully saturated rings. The van der Waals surface area contributed by atoms with Crippen molar-refractivity contribution >= 4 is 22.5 Å². The molecule has 1 saturated heterocycles. The minimum absolute atomic E-state index is 0.602. The predicted molar refractivity (Wildman–Crippen MR) is 67.1 cm³/mol. The van der Waals surface area contributed by atoms with E-state index in [9.17, 15) is 0 Å². The van der Waals surface area contributed by atoms with E-state index in [1.807, 2.05) is 6.92 Å². The van der Waals surface area contributed by atoms with Crippen molar-refractivity contribution in [1.29, 1.82) is 0 Å². The summed E-state index contributed by atoms with van der Waals surface area (Å²) in [5.41, 5.74) is 3.42. The fourth-order valence-corrected chi connectivity index (χ4v) is 2.20. The van der Waals surface area contributed by atoms with E-state index in [1.54, 1.807) is 0 Å². The monoisotopic (exact) mass is 232 g/mol. The topological polar surface area (TPSA) is 24.9 Å². The van der Waals surface area contributed by atoms with Crippen LogP contribution in [0.25, 0.3) is 10.9 Å². The minimum atomic E-state index is 0.602. The van der Waals surface area contributed by atoms with Crippen molar-refractivity contribution in [3.63, 3.8) is 0 Å². The fourth-order valence-electron chi connectivity index (χ4n) is 2.06. The molecule has 0 spiro atoms. The molecule has 0 bridgehead atoms. The molecular formula is C13H13ClN2. The third-order valence-electron chi connectivity index (χ3n) is 3.22. The highest BCUT2D eigenvalue weighted by Gasteiger charge is 2.18. The number of benzene rings is 1. The lowest BCUT2D eigenvalue weighted by atomic mass is 9.92. The fraction of sp³-hybridized carbons (Fsp3) is 0.308. The number of hydrogen-bond donors (Lipinski definition) is 1. The van der Waals surface area contributed by atoms with Crippen molar-refractivity contribution in [3.8, 4) is 0 Å². The highest BCUT2D eigenvalue weighted by Crippen LogP contribution is 2.25. The molecule has 1 N–H and O–H groups in total. The van der Waals surface area contributed by atoms with Crippen LogP contribution in [0.4, 0.5) is 0 Å². The number of aromatic nitrogens is 1. The first-order chi connectivity index (χ1) is 7.74. The van der Waals surface area contributed by atoms with Gasteiger partial charge in [0.15, 0.2) is 0 Å². The summed E-state index contributed by atoms with van der Waals surface area (Å²) in [7, 11) is 0. The standard InChI is InChI=1S/C13H13ClN2/c1-8-4-10-5-9(11-6-15-7-11)2-3-12(10)16-13(8)14/h2-5,11,15H,6-7H2,1H3. The van der Waals surface area contributed by atoms with Crippen molar-refractivity contribution < 1.29 is 0 Å². The maximum atomic E-state index is 6.01. The number of nitrogens with zero attached hydrogens (tertiary/aromatic N) is 1. The van der Waals surface area contributed by atoms with Gasteiger partial charge in [0.1, 0.15) is 5.15 Å². The van der Waals surface area contributed by atoms with E-state index >= 15 is 0 Å². The second kappa shape index (κ2) is 3.72. The van der Waals surface area contributed by atoms with Gasteiger partial charge in [-0.25, -0.2) is 4.98 Å². The van der Waals surface area contributed by atoms with Crippen molar-refractivity contribution in [2.24, 2.45) is 0 Å². The molecule has 1 aliphatic heterocycles. The van der Waals surface area contributed by atoms with Crippen LogP contribution in [-0.4, -0.2) is 18.1 Å². The Bertz CT molecular complexity index is 547. The van der Waals surface area contributed by atoms with Crippen LogP contribution in [0.5, 0.6) is 0 Å². The summed E-state index contributed by atoms with van der Waals surface area (Å²) in [6.07, 6.45) is 0. The second-order valence-electron chi connectivity index (χ2n) is 4.40. The van der Waals surface area contributed by atoms with E-state index in [4.69, 9.17) is 11.6 Å². The quantitative estimate of drug-likeness (QED) is 0.765. The molecule has 3 rings (SSSR count). The Morgan fingerprint density at radius 2 is 2.12 bits per heavy atom. The summed E-state index contributed by atoms with van der Waals surface area (Å²) in [5.74, 6) is 0.667. The largest absolute Gasteiger partial charge is 0.315 e. The van der Waals surface area contributed by atoms with Crippen LogP contribution in [0.3, 0.4) is 0 Å². The number of halogens is 1. The van der Waals surface area contributed by atoms with Gasteiger partial charge in [0, 0.05) is 24.4 Å². The molecule has 2 aromatic rings. The molecule has 16 heavy (non-hydrogen) atoms. The number of fused-ring (bicyclic) bond motifs is 1. The Kier molecular flexibility index (Phi) is 2.34. The lowest BCUT2D eigenvalue weighted by Gasteiger charge is -2.27. The first-order valence-electron chi connectivity index (χ1n) is 5.51. The van der Waals surface area contributed by atoms with Crippen LogP contribution in [0.1, 0.15) is 17.0 Å². The molecule has 0 amide bonds. The van der Waals surface area contributed by atoms with Crippen LogP contribution in [0.2, 0.25) is 5.15 Å². The molecule has 3 heteroatoms. The van der Waals surface area contributed by atoms with E-state index in [1.165, 1.54) is 10.9 Å². The summed E-state index contributed by atoms with van der Waals surface area (Å²) in [5, 5.41) is 5.08. The summed E-state index contributed by atoms with van der Waals surface area (Å²) >= 11 is 6.01. The van der Waals surface area contributed by atoms with Gasteiger partial charge in [-0.1, -0.05) is 17.7 Å². The zero-order chi connectivity index (χ0) is 11.1. The highest BCUT2D eigenvalue weighted by atomic mass is 35.5. The smallest absolute Gasteiger partial charge is 0.132 e. The Hall–Kier alpha value is -1.12. The molecule has 2 nitrogen and oxygen atoms in total. The van der Waals surface area contributed by atoms with Gasteiger partial charge in [0.05, 0.1) is 5.52 Å². The van der Waals surface area contributed by atoms with E-state index in [-0.39, 0.29) is 0 Å². The van der Waals surface area contributed by atoms with E-state index in [0.717, 1.165) is 24.2 Å². The number of hydrogen-bond acceptors (Lipinski definition) is 2. The summed E-state index contributed by atoms with van der Waals surface area (Å²) in [6.45, 7) is 4.17. The summed E-state index contributed by atoms with van der Waals surface area (Å²) in [6, 6.07) is 8.57. The van der Waals surface area contributed by atoms with Gasteiger partial charge in [-0.15, -0.1) is 0 Å². The van der Waals surface area contributed by atoms with Gasteiger partial charge in [-0.2, -0.15) is 0 Å². The van der Waals surface area contributed by atoms with Crippen LogP contribution in [0, 0.1) is 6.92 Å². The Morgan fingerprint density at radius 3 is 2.81 bits per heavy atom. The predicted octanol–water partition coefficient (Wildman–Crippen LogP) is 2.88. The lowest BCUT2D eigenvalue weighted by Crippen LogP contribution is -2.39. The van der Waals surface area contributed by atoms with Crippen LogP contribution < -0.4 is 5.32 Å². The first kappa shape index (κ1) is 10.1. The number of aryl methyl sites for hydroxylation is 1. The van der Waals surface area contributed by atoms with Crippen molar-refractivity contribution in [3.05, 3.63) is 40.5 Å². The maximum Gasteiger partial charge on any atom is 0.132 e. The molecular weight excluding hydrogens is 220 g/mol. The normalized spacial score (nSPS) is 16.4. The molecule has 0 radical (unpaired) electrons. The third-order valence-corrected chi connectivity index (χ3v) is 3.60. The minimum Gasteiger partial charge on any atom is -0.315 e. The van der Waals surface area contributed by atoms with E-state index in [2.05, 4.69) is 34.6 Å². The van der Waals surface area contributed by atoms with E-state index < -0.39 is 0 Å². The molecule has 82 valence electrons. The van der Waals surface area contributed by atoms with Crippen molar-refractivity contribution in [2.45, 2.75) is 12.8 Å². The molecule has 0 atom stereocenters. The molecule has 0 saturated carbocycles. The summed E-state index contributed by atoms with van der Waals surface area (Å²) < 4.78 is 0. The van der Waals surface area contributed by atoms with Gasteiger partial charge in [0.2, 0.25) is 0 Å². The maximum absolute atomic E-state index is 6.01. The zero-order valence-electron chi connectivity index (χ0n) is 9.13. The van der Waals surface area contributed by atoms with Crippen LogP contribution in [0.15, 0.2) is 24.3 Å². The molecule has 1 aromatic carbocycles. The number of rotatable bonds is 1. The molecule has 2 heterocycles. The first-order valence-corrected chi connectivity index (χ1v) is 5.89. The molecule has 1 aliphatic rings. The van der Waals surface area contributed by atoms with Crippen molar-refractivity contribution in [2.75, 3.05) is 13.1 Å². The average Bonchev–Trinajstić information content (AvgIpc) is 2.17. The molecule has 1 aromatic heterocycles. The van der Waals surface area contributed by atoms with Crippen LogP contribution >= 0.6 is 11.6 Å². The lowest BCUT2D eigenvalue weighted by molar-refractivity contribution is 0.449. The Balaban J connectivity index is 2.12. The Morgan fingerprint density at radius 1 is 1.31 bits per heavy atom. The van der Waals surface area contributed by atoms with Crippen molar-refractivity contribution in [1.82, 2.24) is 10.3 Å². The molecule has 0 unspecified atom stereocenters. The van der Waals surface area contributed by atoms with Gasteiger partial charge in [0.25, 0.3) is 0 Å². The highest BCUT2D eigenvalue weighted by molar-refractivity contribution is 6.30. The summed E-state index contributed by atoms with van der Waals surface area (Å²) in [4.78, 5) is 4.37. The third kappa shape index (κ3) is 1.58. The average molecular weight is 233 g/mol. The Labute approximate surface area is 99.6 Å². The number of nitrogens with one attached hydrogen (secondary N) is 1. The second-order valence-corrected chi connectivity index (χ2v) is 4.76. The van der Waals surface area contributed by atoms with E-state index in [0.29, 0.717) is 11.1 Å². The SMILES string of the molecule is Cc1cc2cc(C3CNC3)ccc2nc1Cl. The van der Waals surface area contributed by atoms with Gasteiger partial charge < -0.3 is 5.32 Å². The zero-order valence-corrected chi connectivity index (χ0v) is 9.88.